The van der Waals surface area contributed by atoms with E-state index in [2.05, 4.69) is 161 Å². The van der Waals surface area contributed by atoms with Crippen LogP contribution in [0.15, 0.2) is 109 Å². The number of aryl methyl sites for hydroxylation is 6. The molecule has 5 rings (SSSR count). The van der Waals surface area contributed by atoms with Gasteiger partial charge in [-0.3, -0.25) is 0 Å². The predicted octanol–water partition coefficient (Wildman–Crippen LogP) is 10.5. The molecule has 0 fully saturated rings. The van der Waals surface area contributed by atoms with E-state index in [1.165, 1.54) is 44.8 Å². The third-order valence-electron chi connectivity index (χ3n) is 7.14. The van der Waals surface area contributed by atoms with Crippen molar-refractivity contribution < 1.29 is 0 Å². The van der Waals surface area contributed by atoms with E-state index in [1.807, 2.05) is 0 Å². The minimum absolute atomic E-state index is 1.13. The minimum atomic E-state index is 1.13. The van der Waals surface area contributed by atoms with Crippen LogP contribution in [-0.2, 0) is 0 Å². The van der Waals surface area contributed by atoms with Crippen LogP contribution in [0.5, 0.6) is 0 Å². The van der Waals surface area contributed by atoms with Gasteiger partial charge in [-0.05, 0) is 113 Å². The lowest BCUT2D eigenvalue weighted by molar-refractivity contribution is 1.20. The van der Waals surface area contributed by atoms with Crippen molar-refractivity contribution in [2.75, 3.05) is 9.80 Å². The Labute approximate surface area is 227 Å². The van der Waals surface area contributed by atoms with Gasteiger partial charge in [-0.25, -0.2) is 0 Å². The highest BCUT2D eigenvalue weighted by Gasteiger charge is 2.18. The fourth-order valence-corrected chi connectivity index (χ4v) is 5.11. The number of hydrogen-bond donors (Lipinski definition) is 0. The van der Waals surface area contributed by atoms with Crippen molar-refractivity contribution in [3.63, 3.8) is 0 Å². The summed E-state index contributed by atoms with van der Waals surface area (Å²) in [5.74, 6) is 0. The van der Waals surface area contributed by atoms with Crippen LogP contribution >= 0.6 is 0 Å². The maximum atomic E-state index is 2.38. The molecule has 190 valence electrons. The molecule has 0 aliphatic carbocycles. The number of benzene rings is 5. The molecule has 0 aliphatic heterocycles. The van der Waals surface area contributed by atoms with Crippen molar-refractivity contribution in [1.82, 2.24) is 0 Å². The molecule has 2 nitrogen and oxygen atoms in total. The fourth-order valence-electron chi connectivity index (χ4n) is 5.11. The Balaban J connectivity index is 1.62. The van der Waals surface area contributed by atoms with Crippen LogP contribution in [0.4, 0.5) is 34.1 Å². The number of anilines is 6. The lowest BCUT2D eigenvalue weighted by Crippen LogP contribution is -2.14. The molecule has 0 spiro atoms. The molecule has 0 aliphatic rings. The smallest absolute Gasteiger partial charge is 0.0491 e. The number of nitrogens with zero attached hydrogens (tertiary/aromatic N) is 2. The summed E-state index contributed by atoms with van der Waals surface area (Å²) in [6, 6.07) is 39.8. The van der Waals surface area contributed by atoms with E-state index in [-0.39, 0.29) is 0 Å². The second kappa shape index (κ2) is 10.6. The Bertz CT molecular complexity index is 1450. The summed E-state index contributed by atoms with van der Waals surface area (Å²) in [5.41, 5.74) is 14.5. The van der Waals surface area contributed by atoms with E-state index in [4.69, 9.17) is 0 Å². The lowest BCUT2D eigenvalue weighted by atomic mass is 10.0. The highest BCUT2D eigenvalue weighted by Crippen LogP contribution is 2.41. The van der Waals surface area contributed by atoms with E-state index < -0.39 is 0 Å². The van der Waals surface area contributed by atoms with Gasteiger partial charge in [0, 0.05) is 34.1 Å². The molecular weight excluding hydrogens is 460 g/mol. The van der Waals surface area contributed by atoms with Gasteiger partial charge in [0.15, 0.2) is 0 Å². The van der Waals surface area contributed by atoms with Crippen molar-refractivity contribution in [3.8, 4) is 0 Å². The molecule has 0 aromatic heterocycles. The van der Waals surface area contributed by atoms with Gasteiger partial charge in [-0.15, -0.1) is 0 Å². The maximum Gasteiger partial charge on any atom is 0.0491 e. The first kappa shape index (κ1) is 25.4. The second-order valence-corrected chi connectivity index (χ2v) is 10.4. The van der Waals surface area contributed by atoms with E-state index >= 15 is 0 Å². The molecule has 5 aromatic carbocycles. The molecule has 38 heavy (non-hydrogen) atoms. The molecule has 0 amide bonds. The molecule has 0 heterocycles. The largest absolute Gasteiger partial charge is 0.311 e. The minimum Gasteiger partial charge on any atom is -0.311 e. The Hall–Kier alpha value is -4.30. The summed E-state index contributed by atoms with van der Waals surface area (Å²) in [6.07, 6.45) is 0. The van der Waals surface area contributed by atoms with Gasteiger partial charge < -0.3 is 9.80 Å². The standard InChI is InChI=1S/C36H36N2/c1-25-7-13-31(14-8-25)37(32-15-9-26(2)10-16-32)33-17-19-34(20-18-33)38(35-21-11-27(3)23-29(35)5)36-22-12-28(4)24-30(36)6/h7-24H,1-6H3. The van der Waals surface area contributed by atoms with Gasteiger partial charge in [0.1, 0.15) is 0 Å². The molecule has 0 bridgehead atoms. The SMILES string of the molecule is Cc1ccc(N(c2ccc(C)cc2)c2ccc(N(c3ccc(C)cc3C)c3ccc(C)cc3C)cc2)cc1. The normalized spacial score (nSPS) is 10.9. The summed E-state index contributed by atoms with van der Waals surface area (Å²) in [7, 11) is 0. The van der Waals surface area contributed by atoms with Crippen LogP contribution < -0.4 is 9.80 Å². The van der Waals surface area contributed by atoms with Crippen LogP contribution in [0.25, 0.3) is 0 Å². The molecule has 0 N–H and O–H groups in total. The zero-order valence-corrected chi connectivity index (χ0v) is 23.3. The van der Waals surface area contributed by atoms with E-state index in [1.54, 1.807) is 0 Å². The lowest BCUT2D eigenvalue weighted by Gasteiger charge is -2.30. The third-order valence-corrected chi connectivity index (χ3v) is 7.14. The number of hydrogen-bond acceptors (Lipinski definition) is 2. The Morgan fingerprint density at radius 2 is 0.605 bits per heavy atom. The molecule has 0 radical (unpaired) electrons. The van der Waals surface area contributed by atoms with Gasteiger partial charge >= 0.3 is 0 Å². The molecule has 0 saturated carbocycles. The molecule has 0 saturated heterocycles. The summed E-state index contributed by atoms with van der Waals surface area (Å²) in [4.78, 5) is 4.71. The van der Waals surface area contributed by atoms with Crippen LogP contribution in [-0.4, -0.2) is 0 Å². The van der Waals surface area contributed by atoms with Crippen LogP contribution in [0.1, 0.15) is 33.4 Å². The van der Waals surface area contributed by atoms with E-state index in [0.29, 0.717) is 0 Å². The topological polar surface area (TPSA) is 6.48 Å². The van der Waals surface area contributed by atoms with Crippen molar-refractivity contribution in [3.05, 3.63) is 143 Å². The molecular formula is C36H36N2. The first-order valence-electron chi connectivity index (χ1n) is 13.3. The van der Waals surface area contributed by atoms with Crippen LogP contribution in [0, 0.1) is 41.5 Å². The zero-order chi connectivity index (χ0) is 26.8. The van der Waals surface area contributed by atoms with Crippen LogP contribution in [0.2, 0.25) is 0 Å². The van der Waals surface area contributed by atoms with Crippen molar-refractivity contribution in [2.45, 2.75) is 41.5 Å². The van der Waals surface area contributed by atoms with Crippen molar-refractivity contribution in [1.29, 1.82) is 0 Å². The quantitative estimate of drug-likeness (QED) is 0.231. The average Bonchev–Trinajstić information content (AvgIpc) is 2.90. The van der Waals surface area contributed by atoms with E-state index in [9.17, 15) is 0 Å². The van der Waals surface area contributed by atoms with Gasteiger partial charge in [-0.2, -0.15) is 0 Å². The van der Waals surface area contributed by atoms with Gasteiger partial charge in [-0.1, -0.05) is 70.8 Å². The summed E-state index contributed by atoms with van der Waals surface area (Å²) < 4.78 is 0. The molecule has 0 atom stereocenters. The Morgan fingerprint density at radius 3 is 0.947 bits per heavy atom. The third kappa shape index (κ3) is 5.21. The van der Waals surface area contributed by atoms with Gasteiger partial charge in [0.2, 0.25) is 0 Å². The highest BCUT2D eigenvalue weighted by molar-refractivity contribution is 5.83. The van der Waals surface area contributed by atoms with Crippen molar-refractivity contribution in [2.24, 2.45) is 0 Å². The van der Waals surface area contributed by atoms with E-state index in [0.717, 1.165) is 22.7 Å². The summed E-state index contributed by atoms with van der Waals surface area (Å²) in [6.45, 7) is 13.0. The summed E-state index contributed by atoms with van der Waals surface area (Å²) >= 11 is 0. The first-order valence-corrected chi connectivity index (χ1v) is 13.3. The maximum absolute atomic E-state index is 2.38. The highest BCUT2D eigenvalue weighted by atomic mass is 15.2. The Kier molecular flexibility index (Phi) is 7.07. The summed E-state index contributed by atoms with van der Waals surface area (Å²) in [5, 5.41) is 0. The second-order valence-electron chi connectivity index (χ2n) is 10.4. The monoisotopic (exact) mass is 496 g/mol. The predicted molar refractivity (Wildman–Crippen MR) is 164 cm³/mol. The molecule has 2 heteroatoms. The average molecular weight is 497 g/mol. The fraction of sp³-hybridized carbons (Fsp3) is 0.167. The molecule has 0 unspecified atom stereocenters. The van der Waals surface area contributed by atoms with Crippen molar-refractivity contribution >= 4 is 34.1 Å². The Morgan fingerprint density at radius 1 is 0.316 bits per heavy atom. The zero-order valence-electron chi connectivity index (χ0n) is 23.3. The van der Waals surface area contributed by atoms with Gasteiger partial charge in [0.25, 0.3) is 0 Å². The van der Waals surface area contributed by atoms with Crippen LogP contribution in [0.3, 0.4) is 0 Å². The van der Waals surface area contributed by atoms with Gasteiger partial charge in [0.05, 0.1) is 0 Å². The first-order chi connectivity index (χ1) is 18.3. The molecule has 5 aromatic rings. The number of rotatable bonds is 6.